The van der Waals surface area contributed by atoms with Crippen molar-refractivity contribution in [1.82, 2.24) is 4.98 Å². The molecular weight excluding hydrogens is 381 g/mol. The summed E-state index contributed by atoms with van der Waals surface area (Å²) in [6, 6.07) is 6.81. The molecule has 1 heterocycles. The molecule has 1 saturated carbocycles. The van der Waals surface area contributed by atoms with Gasteiger partial charge in [-0.3, -0.25) is 4.79 Å². The molecule has 1 aliphatic carbocycles. The summed E-state index contributed by atoms with van der Waals surface area (Å²) in [6.45, 7) is 0. The lowest BCUT2D eigenvalue weighted by Gasteiger charge is -2.35. The third-order valence-electron chi connectivity index (χ3n) is 4.10. The van der Waals surface area contributed by atoms with E-state index < -0.39 is 28.7 Å². The Morgan fingerprint density at radius 2 is 2.15 bits per heavy atom. The number of aromatic nitrogens is 1. The lowest BCUT2D eigenvalue weighted by atomic mass is 9.82. The molecule has 3 N–H and O–H groups in total. The molecule has 0 spiro atoms. The van der Waals surface area contributed by atoms with Crippen LogP contribution in [0.25, 0.3) is 0 Å². The van der Waals surface area contributed by atoms with Crippen molar-refractivity contribution in [3.63, 3.8) is 0 Å². The van der Waals surface area contributed by atoms with Crippen LogP contribution in [0.15, 0.2) is 36.5 Å². The average molecular weight is 398 g/mol. The second kappa shape index (κ2) is 7.79. The number of amides is 1. The van der Waals surface area contributed by atoms with Crippen LogP contribution in [-0.4, -0.2) is 31.9 Å². The van der Waals surface area contributed by atoms with Crippen molar-refractivity contribution in [1.29, 1.82) is 0 Å². The summed E-state index contributed by atoms with van der Waals surface area (Å²) >= 11 is 4.19. The van der Waals surface area contributed by atoms with Crippen LogP contribution in [-0.2, 0) is 11.4 Å². The number of aliphatic hydroxyl groups is 1. The largest absolute Gasteiger partial charge is 0.593 e. The first-order valence-electron chi connectivity index (χ1n) is 7.95. The van der Waals surface area contributed by atoms with Crippen LogP contribution < -0.4 is 10.0 Å². The Labute approximate surface area is 158 Å². The van der Waals surface area contributed by atoms with E-state index in [4.69, 9.17) is 11.6 Å². The van der Waals surface area contributed by atoms with Gasteiger partial charge in [0.25, 0.3) is 5.91 Å². The molecule has 26 heavy (non-hydrogen) atoms. The molecule has 9 heteroatoms. The fourth-order valence-electron chi connectivity index (χ4n) is 2.53. The van der Waals surface area contributed by atoms with Crippen molar-refractivity contribution in [2.75, 3.05) is 15.8 Å². The fraction of sp³-hybridized carbons (Fsp3) is 0.294. The molecule has 0 aliphatic heterocycles. The standard InChI is InChI=1S/C17H17ClFN3O3S/c18-13-9-12(2-3-14(13)19)21-16(23)11-4-7-20-15(8-11)22-26(25)10-17(24)5-1-6-17/h2-4,7-9,24H,1,5-6,10H2,(H,20,22)(H,21,23). The van der Waals surface area contributed by atoms with E-state index >= 15 is 0 Å². The molecular formula is C17H17ClFN3O3S. The molecule has 1 aromatic heterocycles. The van der Waals surface area contributed by atoms with Crippen LogP contribution in [0.3, 0.4) is 0 Å². The van der Waals surface area contributed by atoms with Gasteiger partial charge in [0.1, 0.15) is 11.4 Å². The number of carbonyl (C=O) groups excluding carboxylic acids is 1. The molecule has 1 aromatic carbocycles. The number of benzene rings is 1. The highest BCUT2D eigenvalue weighted by Gasteiger charge is 2.39. The van der Waals surface area contributed by atoms with E-state index in [1.54, 1.807) is 0 Å². The van der Waals surface area contributed by atoms with E-state index in [9.17, 15) is 18.8 Å². The molecule has 3 rings (SSSR count). The van der Waals surface area contributed by atoms with Crippen molar-refractivity contribution >= 4 is 40.4 Å². The predicted octanol–water partition coefficient (Wildman–Crippen LogP) is 3.12. The first-order chi connectivity index (χ1) is 12.3. The Hall–Kier alpha value is -1.87. The average Bonchev–Trinajstić information content (AvgIpc) is 2.57. The number of rotatable bonds is 6. The number of hydrogen-bond acceptors (Lipinski definition) is 5. The summed E-state index contributed by atoms with van der Waals surface area (Å²) in [7, 11) is 0. The predicted molar refractivity (Wildman–Crippen MR) is 99.0 cm³/mol. The van der Waals surface area contributed by atoms with Gasteiger partial charge in [-0.05, 0) is 49.6 Å². The minimum atomic E-state index is -1.51. The molecule has 0 saturated heterocycles. The van der Waals surface area contributed by atoms with Crippen molar-refractivity contribution in [2.45, 2.75) is 24.9 Å². The minimum Gasteiger partial charge on any atom is -0.593 e. The Kier molecular flexibility index (Phi) is 5.67. The third kappa shape index (κ3) is 4.64. The minimum absolute atomic E-state index is 0.0933. The SMILES string of the molecule is O=C(Nc1ccc(F)c(Cl)c1)c1ccnc(N[S+]([O-])CC2(O)CCC2)c1. The van der Waals surface area contributed by atoms with Gasteiger partial charge in [0, 0.05) is 17.4 Å². The van der Waals surface area contributed by atoms with E-state index in [-0.39, 0.29) is 22.2 Å². The third-order valence-corrected chi connectivity index (χ3v) is 5.63. The van der Waals surface area contributed by atoms with Crippen LogP contribution in [0, 0.1) is 5.82 Å². The zero-order chi connectivity index (χ0) is 18.7. The normalized spacial score (nSPS) is 16.5. The first kappa shape index (κ1) is 18.9. The second-order valence-electron chi connectivity index (χ2n) is 6.18. The van der Waals surface area contributed by atoms with E-state index in [2.05, 4.69) is 15.0 Å². The number of halogens is 2. The topological polar surface area (TPSA) is 97.3 Å². The van der Waals surface area contributed by atoms with Crippen LogP contribution in [0.4, 0.5) is 15.9 Å². The molecule has 138 valence electrons. The van der Waals surface area contributed by atoms with E-state index in [1.165, 1.54) is 30.5 Å². The van der Waals surface area contributed by atoms with Gasteiger partial charge in [-0.1, -0.05) is 11.6 Å². The van der Waals surface area contributed by atoms with Gasteiger partial charge in [-0.15, -0.1) is 0 Å². The summed E-state index contributed by atoms with van der Waals surface area (Å²) in [5.74, 6) is -0.646. The lowest BCUT2D eigenvalue weighted by molar-refractivity contribution is -0.0113. The summed E-state index contributed by atoms with van der Waals surface area (Å²) in [4.78, 5) is 16.3. The van der Waals surface area contributed by atoms with Gasteiger partial charge in [-0.25, -0.2) is 9.37 Å². The van der Waals surface area contributed by atoms with Gasteiger partial charge in [0.15, 0.2) is 11.6 Å². The molecule has 1 amide bonds. The summed E-state index contributed by atoms with van der Waals surface area (Å²) in [5, 5.41) is 12.6. The smallest absolute Gasteiger partial charge is 0.255 e. The zero-order valence-corrected chi connectivity index (χ0v) is 15.2. The van der Waals surface area contributed by atoms with Crippen LogP contribution in [0.5, 0.6) is 0 Å². The number of anilines is 2. The van der Waals surface area contributed by atoms with E-state index in [1.807, 2.05) is 0 Å². The number of nitrogens with one attached hydrogen (secondary N) is 2. The van der Waals surface area contributed by atoms with Crippen LogP contribution >= 0.6 is 11.6 Å². The van der Waals surface area contributed by atoms with Crippen molar-refractivity contribution in [3.05, 3.63) is 52.9 Å². The van der Waals surface area contributed by atoms with Gasteiger partial charge in [0.2, 0.25) is 0 Å². The number of nitrogens with zero attached hydrogens (tertiary/aromatic N) is 1. The lowest BCUT2D eigenvalue weighted by Crippen LogP contribution is -2.45. The van der Waals surface area contributed by atoms with Crippen LogP contribution in [0.1, 0.15) is 29.6 Å². The Bertz CT molecular complexity index is 820. The number of carbonyl (C=O) groups is 1. The van der Waals surface area contributed by atoms with Gasteiger partial charge in [0.05, 0.1) is 16.4 Å². The fourth-order valence-corrected chi connectivity index (χ4v) is 3.91. The Morgan fingerprint density at radius 3 is 2.81 bits per heavy atom. The molecule has 2 aromatic rings. The van der Waals surface area contributed by atoms with Gasteiger partial charge in [-0.2, -0.15) is 4.72 Å². The molecule has 1 atom stereocenters. The van der Waals surface area contributed by atoms with Gasteiger partial charge < -0.3 is 15.0 Å². The van der Waals surface area contributed by atoms with Crippen LogP contribution in [0.2, 0.25) is 5.02 Å². The molecule has 0 radical (unpaired) electrons. The van der Waals surface area contributed by atoms with Crippen molar-refractivity contribution < 1.29 is 18.8 Å². The molecule has 0 bridgehead atoms. The van der Waals surface area contributed by atoms with Crippen molar-refractivity contribution in [3.8, 4) is 0 Å². The van der Waals surface area contributed by atoms with E-state index in [0.717, 1.165) is 12.5 Å². The molecule has 1 fully saturated rings. The van der Waals surface area contributed by atoms with Crippen molar-refractivity contribution in [2.24, 2.45) is 0 Å². The maximum Gasteiger partial charge on any atom is 0.255 e. The molecule has 1 aliphatic rings. The molecule has 6 nitrogen and oxygen atoms in total. The highest BCUT2D eigenvalue weighted by atomic mass is 35.5. The Balaban J connectivity index is 1.64. The number of hydrogen-bond donors (Lipinski definition) is 3. The second-order valence-corrected chi connectivity index (χ2v) is 7.77. The summed E-state index contributed by atoms with van der Waals surface area (Å²) in [5.41, 5.74) is -0.250. The number of pyridine rings is 1. The summed E-state index contributed by atoms with van der Waals surface area (Å²) < 4.78 is 28.0. The first-order valence-corrected chi connectivity index (χ1v) is 9.64. The monoisotopic (exact) mass is 397 g/mol. The maximum atomic E-state index is 13.2. The molecule has 1 unspecified atom stereocenters. The van der Waals surface area contributed by atoms with E-state index in [0.29, 0.717) is 18.5 Å². The zero-order valence-electron chi connectivity index (χ0n) is 13.7. The highest BCUT2D eigenvalue weighted by Crippen LogP contribution is 2.33. The quantitative estimate of drug-likeness (QED) is 0.650. The Morgan fingerprint density at radius 1 is 1.38 bits per heavy atom. The summed E-state index contributed by atoms with van der Waals surface area (Å²) in [6.07, 6.45) is 3.60. The maximum absolute atomic E-state index is 13.2. The van der Waals surface area contributed by atoms with Gasteiger partial charge >= 0.3 is 0 Å². The highest BCUT2D eigenvalue weighted by molar-refractivity contribution is 7.92.